The number of rotatable bonds is 8. The summed E-state index contributed by atoms with van der Waals surface area (Å²) >= 11 is 1.51. The van der Waals surface area contributed by atoms with Crippen LogP contribution < -0.4 is 10.1 Å². The van der Waals surface area contributed by atoms with Crippen LogP contribution in [0.4, 0.5) is 5.69 Å². The van der Waals surface area contributed by atoms with Crippen molar-refractivity contribution in [3.63, 3.8) is 0 Å². The van der Waals surface area contributed by atoms with Crippen molar-refractivity contribution in [2.45, 2.75) is 39.7 Å². The van der Waals surface area contributed by atoms with Gasteiger partial charge in [0.2, 0.25) is 5.91 Å². The first kappa shape index (κ1) is 19.1. The van der Waals surface area contributed by atoms with Gasteiger partial charge in [-0.3, -0.25) is 4.79 Å². The van der Waals surface area contributed by atoms with E-state index in [-0.39, 0.29) is 12.3 Å². The number of ether oxygens (including phenoxy) is 1. The first-order valence-electron chi connectivity index (χ1n) is 9.20. The Labute approximate surface area is 164 Å². The Kier molecular flexibility index (Phi) is 6.60. The van der Waals surface area contributed by atoms with Crippen molar-refractivity contribution in [3.8, 4) is 5.75 Å². The summed E-state index contributed by atoms with van der Waals surface area (Å²) in [7, 11) is 0. The van der Waals surface area contributed by atoms with Crippen LogP contribution in [-0.2, 0) is 30.7 Å². The Morgan fingerprint density at radius 1 is 1.00 bits per heavy atom. The van der Waals surface area contributed by atoms with Crippen LogP contribution in [0.3, 0.4) is 0 Å². The van der Waals surface area contributed by atoms with Crippen LogP contribution in [0, 0.1) is 0 Å². The van der Waals surface area contributed by atoms with E-state index in [1.54, 1.807) is 0 Å². The Balaban J connectivity index is 1.49. The lowest BCUT2D eigenvalue weighted by atomic mass is 10.1. The van der Waals surface area contributed by atoms with Crippen LogP contribution in [0.5, 0.6) is 5.75 Å². The second kappa shape index (κ2) is 9.33. The Hall–Kier alpha value is -2.66. The summed E-state index contributed by atoms with van der Waals surface area (Å²) in [5.41, 5.74) is 4.12. The van der Waals surface area contributed by atoms with Crippen LogP contribution in [0.25, 0.3) is 0 Å². The first-order valence-corrected chi connectivity index (χ1v) is 10.1. The minimum Gasteiger partial charge on any atom is -0.486 e. The van der Waals surface area contributed by atoms with Crippen molar-refractivity contribution in [1.82, 2.24) is 4.98 Å². The smallest absolute Gasteiger partial charge is 0.230 e. The second-order valence-corrected chi connectivity index (χ2v) is 7.24. The van der Waals surface area contributed by atoms with Crippen LogP contribution >= 0.6 is 11.3 Å². The van der Waals surface area contributed by atoms with E-state index in [1.165, 1.54) is 22.5 Å². The summed E-state index contributed by atoms with van der Waals surface area (Å²) in [4.78, 5) is 16.7. The summed E-state index contributed by atoms with van der Waals surface area (Å²) in [6.07, 6.45) is 2.26. The average Bonchev–Trinajstić information content (AvgIpc) is 3.14. The molecule has 1 aromatic heterocycles. The molecule has 0 saturated carbocycles. The first-order chi connectivity index (χ1) is 13.2. The molecule has 0 bridgehead atoms. The largest absolute Gasteiger partial charge is 0.486 e. The van der Waals surface area contributed by atoms with E-state index in [0.717, 1.165) is 35.0 Å². The minimum absolute atomic E-state index is 0.0628. The lowest BCUT2D eigenvalue weighted by Crippen LogP contribution is -2.14. The van der Waals surface area contributed by atoms with Gasteiger partial charge in [-0.25, -0.2) is 4.98 Å². The monoisotopic (exact) mass is 380 g/mol. The molecule has 27 heavy (non-hydrogen) atoms. The molecule has 140 valence electrons. The van der Waals surface area contributed by atoms with Crippen LogP contribution in [0.2, 0.25) is 0 Å². The predicted molar refractivity (Wildman–Crippen MR) is 110 cm³/mol. The quantitative estimate of drug-likeness (QED) is 0.596. The third-order valence-electron chi connectivity index (χ3n) is 4.28. The predicted octanol–water partition coefficient (Wildman–Crippen LogP) is 5.03. The molecule has 0 atom stereocenters. The van der Waals surface area contributed by atoms with E-state index >= 15 is 0 Å². The van der Waals surface area contributed by atoms with Crippen LogP contribution in [0.15, 0.2) is 53.9 Å². The highest BCUT2D eigenvalue weighted by molar-refractivity contribution is 7.09. The molecule has 0 saturated heterocycles. The molecule has 4 nitrogen and oxygen atoms in total. The fourth-order valence-electron chi connectivity index (χ4n) is 2.66. The molecule has 0 spiro atoms. The number of carbonyl (C=O) groups is 1. The van der Waals surface area contributed by atoms with Crippen molar-refractivity contribution in [2.24, 2.45) is 0 Å². The molecule has 1 heterocycles. The number of anilines is 1. The average molecular weight is 381 g/mol. The lowest BCUT2D eigenvalue weighted by Gasteiger charge is -2.05. The molecule has 0 aliphatic rings. The molecule has 0 unspecified atom stereocenters. The van der Waals surface area contributed by atoms with Gasteiger partial charge in [0.05, 0.1) is 12.1 Å². The number of nitrogens with zero attached hydrogens (tertiary/aromatic N) is 1. The molecule has 1 N–H and O–H groups in total. The van der Waals surface area contributed by atoms with Crippen molar-refractivity contribution < 1.29 is 9.53 Å². The summed E-state index contributed by atoms with van der Waals surface area (Å²) < 4.78 is 5.77. The zero-order chi connectivity index (χ0) is 19.1. The zero-order valence-electron chi connectivity index (χ0n) is 15.7. The normalized spacial score (nSPS) is 10.6. The van der Waals surface area contributed by atoms with Crippen molar-refractivity contribution in [1.29, 1.82) is 0 Å². The van der Waals surface area contributed by atoms with Gasteiger partial charge < -0.3 is 10.1 Å². The third-order valence-corrected chi connectivity index (χ3v) is 5.15. The van der Waals surface area contributed by atoms with Gasteiger partial charge in [-0.1, -0.05) is 38.1 Å². The summed E-state index contributed by atoms with van der Waals surface area (Å²) in [5.74, 6) is 0.768. The fourth-order valence-corrected chi connectivity index (χ4v) is 3.36. The standard InChI is InChI=1S/C22H24N2O2S/c1-3-16-5-9-18(10-6-16)23-21(25)13-19-15-27-22(24-19)14-26-20-11-7-17(4-2)8-12-20/h5-12,15H,3-4,13-14H2,1-2H3,(H,23,25). The highest BCUT2D eigenvalue weighted by atomic mass is 32.1. The highest BCUT2D eigenvalue weighted by Gasteiger charge is 2.09. The van der Waals surface area contributed by atoms with Gasteiger partial charge in [0.25, 0.3) is 0 Å². The minimum atomic E-state index is -0.0628. The van der Waals surface area contributed by atoms with E-state index in [0.29, 0.717) is 6.61 Å². The highest BCUT2D eigenvalue weighted by Crippen LogP contribution is 2.17. The van der Waals surface area contributed by atoms with Gasteiger partial charge in [0.1, 0.15) is 17.4 Å². The second-order valence-electron chi connectivity index (χ2n) is 6.29. The number of carbonyl (C=O) groups excluding carboxylic acids is 1. The zero-order valence-corrected chi connectivity index (χ0v) is 16.5. The van der Waals surface area contributed by atoms with E-state index in [1.807, 2.05) is 41.8 Å². The topological polar surface area (TPSA) is 51.2 Å². The number of aromatic nitrogens is 1. The Morgan fingerprint density at radius 3 is 2.26 bits per heavy atom. The number of hydrogen-bond acceptors (Lipinski definition) is 4. The number of hydrogen-bond donors (Lipinski definition) is 1. The maximum absolute atomic E-state index is 12.2. The molecule has 0 aliphatic heterocycles. The molecule has 0 fully saturated rings. The third kappa shape index (κ3) is 5.66. The van der Waals surface area contributed by atoms with Crippen LogP contribution in [0.1, 0.15) is 35.7 Å². The van der Waals surface area contributed by atoms with E-state index in [2.05, 4.69) is 36.3 Å². The maximum atomic E-state index is 12.2. The number of aryl methyl sites for hydroxylation is 2. The van der Waals surface area contributed by atoms with E-state index in [4.69, 9.17) is 4.74 Å². The number of benzene rings is 2. The van der Waals surface area contributed by atoms with Gasteiger partial charge in [-0.05, 0) is 48.2 Å². The van der Waals surface area contributed by atoms with Gasteiger partial charge in [0.15, 0.2) is 0 Å². The molecule has 3 rings (SSSR count). The summed E-state index contributed by atoms with van der Waals surface area (Å²) in [6, 6.07) is 16.0. The SMILES string of the molecule is CCc1ccc(NC(=O)Cc2csc(COc3ccc(CC)cc3)n2)cc1. The Bertz CT molecular complexity index is 870. The van der Waals surface area contributed by atoms with Gasteiger partial charge in [-0.2, -0.15) is 0 Å². The molecular weight excluding hydrogens is 356 g/mol. The van der Waals surface area contributed by atoms with Crippen molar-refractivity contribution >= 4 is 22.9 Å². The fraction of sp³-hybridized carbons (Fsp3) is 0.273. The van der Waals surface area contributed by atoms with Crippen molar-refractivity contribution in [3.05, 3.63) is 75.7 Å². The van der Waals surface area contributed by atoms with Gasteiger partial charge in [0, 0.05) is 11.1 Å². The molecule has 1 amide bonds. The maximum Gasteiger partial charge on any atom is 0.230 e. The number of amides is 1. The van der Waals surface area contributed by atoms with Gasteiger partial charge >= 0.3 is 0 Å². The molecule has 5 heteroatoms. The summed E-state index contributed by atoms with van der Waals surface area (Å²) in [6.45, 7) is 4.65. The molecule has 2 aromatic carbocycles. The van der Waals surface area contributed by atoms with Gasteiger partial charge in [-0.15, -0.1) is 11.3 Å². The molecule has 3 aromatic rings. The number of nitrogens with one attached hydrogen (secondary N) is 1. The van der Waals surface area contributed by atoms with E-state index < -0.39 is 0 Å². The van der Waals surface area contributed by atoms with Crippen molar-refractivity contribution in [2.75, 3.05) is 5.32 Å². The Morgan fingerprint density at radius 2 is 1.63 bits per heavy atom. The van der Waals surface area contributed by atoms with Crippen LogP contribution in [-0.4, -0.2) is 10.9 Å². The molecular formula is C22H24N2O2S. The molecule has 0 radical (unpaired) electrons. The van der Waals surface area contributed by atoms with E-state index in [9.17, 15) is 4.79 Å². The summed E-state index contributed by atoms with van der Waals surface area (Å²) in [5, 5.41) is 5.69. The lowest BCUT2D eigenvalue weighted by molar-refractivity contribution is -0.115. The molecule has 0 aliphatic carbocycles. The number of thiazole rings is 1.